The number of carbonyl (C=O) groups excluding carboxylic acids is 1. The van der Waals surface area contributed by atoms with E-state index in [1.807, 2.05) is 0 Å². The van der Waals surface area contributed by atoms with Gasteiger partial charge in [0.1, 0.15) is 11.5 Å². The molecule has 0 aliphatic heterocycles. The first kappa shape index (κ1) is 13.0. The Kier molecular flexibility index (Phi) is 5.29. The van der Waals surface area contributed by atoms with Gasteiger partial charge in [0.25, 0.3) is 0 Å². The highest BCUT2D eigenvalue weighted by atomic mass is 35.5. The molecule has 2 N–H and O–H groups in total. The molecule has 1 rings (SSSR count). The molecule has 16 heavy (non-hydrogen) atoms. The molecule has 0 bridgehead atoms. The molecule has 0 heterocycles. The van der Waals surface area contributed by atoms with Gasteiger partial charge in [-0.1, -0.05) is 11.6 Å². The number of Topliss-reactive ketones (excluding diaryl/α,β-unsaturated/α-hetero) is 1. The van der Waals surface area contributed by atoms with Crippen LogP contribution < -0.4 is 10.5 Å². The van der Waals surface area contributed by atoms with Crippen molar-refractivity contribution in [3.63, 3.8) is 0 Å². The number of benzene rings is 1. The van der Waals surface area contributed by atoms with Crippen molar-refractivity contribution in [2.75, 3.05) is 13.7 Å². The number of nitrogens with two attached hydrogens (primary N) is 1. The fourth-order valence-corrected chi connectivity index (χ4v) is 1.68. The zero-order chi connectivity index (χ0) is 12.0. The lowest BCUT2D eigenvalue weighted by atomic mass is 10.0. The van der Waals surface area contributed by atoms with Crippen LogP contribution in [0.2, 0.25) is 5.02 Å². The molecule has 3 nitrogen and oxygen atoms in total. The standard InChI is InChI=1S/C12H16ClNO2/c1-16-12-5-4-10(13)7-9(12)8-11(15)3-2-6-14/h4-5,7H,2-3,6,8,14H2,1H3. The topological polar surface area (TPSA) is 52.3 Å². The predicted molar refractivity (Wildman–Crippen MR) is 65.0 cm³/mol. The Bertz CT molecular complexity index is 366. The van der Waals surface area contributed by atoms with Crippen LogP contribution in [0.25, 0.3) is 0 Å². The van der Waals surface area contributed by atoms with Crippen molar-refractivity contribution in [1.29, 1.82) is 0 Å². The number of methoxy groups -OCH3 is 1. The van der Waals surface area contributed by atoms with Crippen LogP contribution in [-0.4, -0.2) is 19.4 Å². The number of halogens is 1. The van der Waals surface area contributed by atoms with Crippen molar-refractivity contribution >= 4 is 17.4 Å². The van der Waals surface area contributed by atoms with E-state index in [2.05, 4.69) is 0 Å². The summed E-state index contributed by atoms with van der Waals surface area (Å²) in [7, 11) is 1.58. The van der Waals surface area contributed by atoms with Crippen LogP contribution in [-0.2, 0) is 11.2 Å². The van der Waals surface area contributed by atoms with Crippen molar-refractivity contribution in [3.05, 3.63) is 28.8 Å². The smallest absolute Gasteiger partial charge is 0.137 e. The summed E-state index contributed by atoms with van der Waals surface area (Å²) >= 11 is 5.87. The van der Waals surface area contributed by atoms with Crippen LogP contribution in [0.4, 0.5) is 0 Å². The molecule has 1 aromatic rings. The first-order chi connectivity index (χ1) is 7.67. The number of ketones is 1. The summed E-state index contributed by atoms with van der Waals surface area (Å²) in [6, 6.07) is 5.28. The summed E-state index contributed by atoms with van der Waals surface area (Å²) in [6.45, 7) is 0.540. The van der Waals surface area contributed by atoms with Gasteiger partial charge in [-0.05, 0) is 31.2 Å². The Morgan fingerprint density at radius 2 is 2.25 bits per heavy atom. The lowest BCUT2D eigenvalue weighted by Crippen LogP contribution is -2.07. The molecule has 0 atom stereocenters. The molecule has 0 fully saturated rings. The Morgan fingerprint density at radius 1 is 1.50 bits per heavy atom. The maximum Gasteiger partial charge on any atom is 0.137 e. The molecule has 88 valence electrons. The maximum absolute atomic E-state index is 11.6. The Morgan fingerprint density at radius 3 is 2.88 bits per heavy atom. The van der Waals surface area contributed by atoms with Gasteiger partial charge in [-0.25, -0.2) is 0 Å². The Labute approximate surface area is 101 Å². The van der Waals surface area contributed by atoms with Gasteiger partial charge in [-0.15, -0.1) is 0 Å². The van der Waals surface area contributed by atoms with E-state index in [-0.39, 0.29) is 5.78 Å². The SMILES string of the molecule is COc1ccc(Cl)cc1CC(=O)CCCN. The molecule has 0 unspecified atom stereocenters. The van der Waals surface area contributed by atoms with Crippen LogP contribution in [0.15, 0.2) is 18.2 Å². The van der Waals surface area contributed by atoms with Crippen molar-refractivity contribution in [2.45, 2.75) is 19.3 Å². The molecule has 0 radical (unpaired) electrons. The van der Waals surface area contributed by atoms with E-state index in [0.29, 0.717) is 30.2 Å². The van der Waals surface area contributed by atoms with E-state index >= 15 is 0 Å². The molecule has 0 amide bonds. The summed E-state index contributed by atoms with van der Waals surface area (Å²) in [6.07, 6.45) is 1.58. The third-order valence-corrected chi connectivity index (χ3v) is 2.52. The number of hydrogen-bond donors (Lipinski definition) is 1. The second-order valence-corrected chi connectivity index (χ2v) is 4.00. The zero-order valence-corrected chi connectivity index (χ0v) is 10.1. The van der Waals surface area contributed by atoms with Crippen LogP contribution >= 0.6 is 11.6 Å². The van der Waals surface area contributed by atoms with E-state index in [0.717, 1.165) is 12.0 Å². The lowest BCUT2D eigenvalue weighted by molar-refractivity contribution is -0.118. The van der Waals surface area contributed by atoms with Gasteiger partial charge in [-0.2, -0.15) is 0 Å². The second-order valence-electron chi connectivity index (χ2n) is 3.56. The van der Waals surface area contributed by atoms with Gasteiger partial charge in [0.15, 0.2) is 0 Å². The fourth-order valence-electron chi connectivity index (χ4n) is 1.49. The molecule has 0 saturated heterocycles. The van der Waals surface area contributed by atoms with Crippen molar-refractivity contribution in [2.24, 2.45) is 5.73 Å². The highest BCUT2D eigenvalue weighted by Gasteiger charge is 2.09. The van der Waals surface area contributed by atoms with Gasteiger partial charge in [0, 0.05) is 23.4 Å². The fraction of sp³-hybridized carbons (Fsp3) is 0.417. The van der Waals surface area contributed by atoms with Crippen LogP contribution in [0.3, 0.4) is 0 Å². The van der Waals surface area contributed by atoms with Gasteiger partial charge < -0.3 is 10.5 Å². The van der Waals surface area contributed by atoms with Gasteiger partial charge in [0.05, 0.1) is 7.11 Å². The van der Waals surface area contributed by atoms with Gasteiger partial charge >= 0.3 is 0 Å². The van der Waals surface area contributed by atoms with E-state index in [4.69, 9.17) is 22.1 Å². The minimum atomic E-state index is 0.158. The third kappa shape index (κ3) is 3.83. The van der Waals surface area contributed by atoms with Crippen molar-refractivity contribution in [3.8, 4) is 5.75 Å². The van der Waals surface area contributed by atoms with Crippen molar-refractivity contribution in [1.82, 2.24) is 0 Å². The number of carbonyl (C=O) groups is 1. The number of ether oxygens (including phenoxy) is 1. The predicted octanol–water partition coefficient (Wildman–Crippen LogP) is 2.20. The number of rotatable bonds is 6. The second kappa shape index (κ2) is 6.51. The highest BCUT2D eigenvalue weighted by Crippen LogP contribution is 2.23. The Balaban J connectivity index is 2.71. The zero-order valence-electron chi connectivity index (χ0n) is 9.33. The first-order valence-electron chi connectivity index (χ1n) is 5.21. The highest BCUT2D eigenvalue weighted by molar-refractivity contribution is 6.30. The summed E-state index contributed by atoms with van der Waals surface area (Å²) in [4.78, 5) is 11.6. The number of hydrogen-bond acceptors (Lipinski definition) is 3. The monoisotopic (exact) mass is 241 g/mol. The van der Waals surface area contributed by atoms with Crippen LogP contribution in [0.1, 0.15) is 18.4 Å². The van der Waals surface area contributed by atoms with Gasteiger partial charge in [-0.3, -0.25) is 4.79 Å². The minimum absolute atomic E-state index is 0.158. The third-order valence-electron chi connectivity index (χ3n) is 2.29. The quantitative estimate of drug-likeness (QED) is 0.831. The van der Waals surface area contributed by atoms with E-state index in [9.17, 15) is 4.79 Å². The largest absolute Gasteiger partial charge is 0.496 e. The maximum atomic E-state index is 11.6. The first-order valence-corrected chi connectivity index (χ1v) is 5.59. The minimum Gasteiger partial charge on any atom is -0.496 e. The average molecular weight is 242 g/mol. The van der Waals surface area contributed by atoms with Gasteiger partial charge in [0.2, 0.25) is 0 Å². The van der Waals surface area contributed by atoms with E-state index < -0.39 is 0 Å². The summed E-state index contributed by atoms with van der Waals surface area (Å²) in [5.41, 5.74) is 6.18. The lowest BCUT2D eigenvalue weighted by Gasteiger charge is -2.08. The molecular weight excluding hydrogens is 226 g/mol. The van der Waals surface area contributed by atoms with E-state index in [1.165, 1.54) is 0 Å². The summed E-state index contributed by atoms with van der Waals surface area (Å²) in [5, 5.41) is 0.613. The van der Waals surface area contributed by atoms with E-state index in [1.54, 1.807) is 25.3 Å². The molecule has 0 aliphatic rings. The summed E-state index contributed by atoms with van der Waals surface area (Å²) in [5.74, 6) is 0.858. The molecule has 0 aliphatic carbocycles. The van der Waals surface area contributed by atoms with Crippen LogP contribution in [0.5, 0.6) is 5.75 Å². The molecular formula is C12H16ClNO2. The Hall–Kier alpha value is -1.06. The molecule has 0 saturated carbocycles. The molecule has 1 aromatic carbocycles. The molecule has 4 heteroatoms. The molecule has 0 aromatic heterocycles. The molecule has 0 spiro atoms. The average Bonchev–Trinajstić information content (AvgIpc) is 2.27. The summed E-state index contributed by atoms with van der Waals surface area (Å²) < 4.78 is 5.17. The van der Waals surface area contributed by atoms with Crippen LogP contribution in [0, 0.1) is 0 Å². The van der Waals surface area contributed by atoms with Crippen molar-refractivity contribution < 1.29 is 9.53 Å². The normalized spacial score (nSPS) is 10.2.